The Hall–Kier alpha value is -2.67. The summed E-state index contributed by atoms with van der Waals surface area (Å²) in [5, 5.41) is 12.1. The zero-order chi connectivity index (χ0) is 18.1. The molecule has 2 aromatic heterocycles. The van der Waals surface area contributed by atoms with E-state index in [1.54, 1.807) is 10.7 Å². The molecule has 0 aliphatic heterocycles. The van der Waals surface area contributed by atoms with Gasteiger partial charge in [0.25, 0.3) is 0 Å². The highest BCUT2D eigenvalue weighted by atomic mass is 32.1. The topological polar surface area (TPSA) is 72.1 Å². The fourth-order valence-electron chi connectivity index (χ4n) is 2.89. The van der Waals surface area contributed by atoms with Gasteiger partial charge in [-0.3, -0.25) is 4.68 Å². The second kappa shape index (κ2) is 6.68. The summed E-state index contributed by atoms with van der Waals surface area (Å²) in [5.41, 5.74) is 3.88. The molecule has 0 aliphatic carbocycles. The summed E-state index contributed by atoms with van der Waals surface area (Å²) in [4.78, 5) is 11.5. The van der Waals surface area contributed by atoms with Crippen LogP contribution in [-0.2, 0) is 7.05 Å². The number of benzene rings is 1. The van der Waals surface area contributed by atoms with Gasteiger partial charge in [0.15, 0.2) is 5.11 Å². The molecule has 1 atom stereocenters. The second-order valence-corrected chi connectivity index (χ2v) is 6.53. The standard InChI is InChI=1S/C18H20N4O2S/c1-10-7-17(23)24-16-8-13(5-6-14(10)16)20-18(25)19-11(2)15-9-22(4)21-12(15)3/h5-9,11H,1-4H3,(H2,19,20,25). The third-order valence-electron chi connectivity index (χ3n) is 4.07. The Balaban J connectivity index is 1.75. The Labute approximate surface area is 150 Å². The van der Waals surface area contributed by atoms with Gasteiger partial charge in [-0.2, -0.15) is 5.10 Å². The molecule has 1 unspecified atom stereocenters. The quantitative estimate of drug-likeness (QED) is 0.555. The first kappa shape index (κ1) is 17.2. The molecule has 0 amide bonds. The monoisotopic (exact) mass is 356 g/mol. The molecule has 0 aliphatic rings. The molecule has 0 saturated heterocycles. The minimum absolute atomic E-state index is 0.0225. The van der Waals surface area contributed by atoms with Crippen molar-refractivity contribution in [3.63, 3.8) is 0 Å². The lowest BCUT2D eigenvalue weighted by molar-refractivity contribution is 0.560. The van der Waals surface area contributed by atoms with Crippen molar-refractivity contribution in [2.45, 2.75) is 26.8 Å². The van der Waals surface area contributed by atoms with E-state index in [2.05, 4.69) is 15.7 Å². The number of aromatic nitrogens is 2. The van der Waals surface area contributed by atoms with E-state index in [9.17, 15) is 4.79 Å². The summed E-state index contributed by atoms with van der Waals surface area (Å²) >= 11 is 5.39. The molecule has 2 heterocycles. The number of aryl methyl sites for hydroxylation is 3. The Morgan fingerprint density at radius 3 is 2.76 bits per heavy atom. The average molecular weight is 356 g/mol. The number of hydrogen-bond donors (Lipinski definition) is 2. The molecule has 2 N–H and O–H groups in total. The summed E-state index contributed by atoms with van der Waals surface area (Å²) in [7, 11) is 1.89. The van der Waals surface area contributed by atoms with Gasteiger partial charge < -0.3 is 15.1 Å². The Kier molecular flexibility index (Phi) is 4.59. The van der Waals surface area contributed by atoms with Crippen molar-refractivity contribution in [1.29, 1.82) is 0 Å². The molecule has 1 aromatic carbocycles. The summed E-state index contributed by atoms with van der Waals surface area (Å²) in [6.45, 7) is 5.88. The Bertz CT molecular complexity index is 1010. The second-order valence-electron chi connectivity index (χ2n) is 6.12. The van der Waals surface area contributed by atoms with Gasteiger partial charge in [-0.25, -0.2) is 4.79 Å². The highest BCUT2D eigenvalue weighted by Crippen LogP contribution is 2.21. The van der Waals surface area contributed by atoms with Crippen LogP contribution in [-0.4, -0.2) is 14.9 Å². The van der Waals surface area contributed by atoms with Gasteiger partial charge in [-0.15, -0.1) is 0 Å². The van der Waals surface area contributed by atoms with Crippen molar-refractivity contribution in [2.24, 2.45) is 7.05 Å². The highest BCUT2D eigenvalue weighted by Gasteiger charge is 2.13. The molecule has 25 heavy (non-hydrogen) atoms. The maximum atomic E-state index is 11.5. The zero-order valence-corrected chi connectivity index (χ0v) is 15.4. The molecule has 0 bridgehead atoms. The van der Waals surface area contributed by atoms with E-state index < -0.39 is 0 Å². The highest BCUT2D eigenvalue weighted by molar-refractivity contribution is 7.80. The maximum absolute atomic E-state index is 11.5. The van der Waals surface area contributed by atoms with Crippen LogP contribution in [0, 0.1) is 13.8 Å². The lowest BCUT2D eigenvalue weighted by Crippen LogP contribution is -2.31. The van der Waals surface area contributed by atoms with Crippen LogP contribution in [0.4, 0.5) is 5.69 Å². The zero-order valence-electron chi connectivity index (χ0n) is 14.6. The van der Waals surface area contributed by atoms with E-state index in [1.165, 1.54) is 6.07 Å². The molecule has 0 fully saturated rings. The predicted molar refractivity (Wildman–Crippen MR) is 103 cm³/mol. The van der Waals surface area contributed by atoms with Crippen molar-refractivity contribution >= 4 is 34.0 Å². The largest absolute Gasteiger partial charge is 0.423 e. The van der Waals surface area contributed by atoms with Gasteiger partial charge in [0.05, 0.1) is 11.7 Å². The smallest absolute Gasteiger partial charge is 0.336 e. The van der Waals surface area contributed by atoms with Crippen molar-refractivity contribution < 1.29 is 4.42 Å². The number of anilines is 1. The van der Waals surface area contributed by atoms with Gasteiger partial charge in [-0.05, 0) is 50.7 Å². The van der Waals surface area contributed by atoms with Crippen LogP contribution in [0.1, 0.15) is 29.8 Å². The first-order chi connectivity index (χ1) is 11.8. The minimum atomic E-state index is -0.358. The van der Waals surface area contributed by atoms with E-state index in [0.717, 1.165) is 27.9 Å². The molecule has 6 nitrogen and oxygen atoms in total. The summed E-state index contributed by atoms with van der Waals surface area (Å²) in [6.07, 6.45) is 1.98. The van der Waals surface area contributed by atoms with Gasteiger partial charge in [0, 0.05) is 42.0 Å². The molecule has 3 aromatic rings. The van der Waals surface area contributed by atoms with Crippen LogP contribution in [0.5, 0.6) is 0 Å². The summed E-state index contributed by atoms with van der Waals surface area (Å²) in [5.74, 6) is 0. The Morgan fingerprint density at radius 1 is 1.32 bits per heavy atom. The van der Waals surface area contributed by atoms with E-state index in [0.29, 0.717) is 10.7 Å². The Morgan fingerprint density at radius 2 is 2.08 bits per heavy atom. The van der Waals surface area contributed by atoms with Gasteiger partial charge in [-0.1, -0.05) is 0 Å². The van der Waals surface area contributed by atoms with Crippen LogP contribution in [0.2, 0.25) is 0 Å². The lowest BCUT2D eigenvalue weighted by atomic mass is 10.1. The van der Waals surface area contributed by atoms with E-state index in [4.69, 9.17) is 16.6 Å². The normalized spacial score (nSPS) is 12.2. The molecule has 0 radical (unpaired) electrons. The molecule has 0 saturated carbocycles. The van der Waals surface area contributed by atoms with Gasteiger partial charge >= 0.3 is 5.63 Å². The van der Waals surface area contributed by atoms with Crippen LogP contribution in [0.15, 0.2) is 39.7 Å². The third-order valence-corrected chi connectivity index (χ3v) is 4.29. The van der Waals surface area contributed by atoms with Crippen molar-refractivity contribution in [1.82, 2.24) is 15.1 Å². The van der Waals surface area contributed by atoms with Crippen LogP contribution in [0.25, 0.3) is 11.0 Å². The summed E-state index contributed by atoms with van der Waals surface area (Å²) in [6, 6.07) is 7.10. The predicted octanol–water partition coefficient (Wildman–Crippen LogP) is 3.19. The number of rotatable bonds is 3. The third kappa shape index (κ3) is 3.71. The molecule has 7 heteroatoms. The van der Waals surface area contributed by atoms with Gasteiger partial charge in [0.1, 0.15) is 5.58 Å². The molecular formula is C18H20N4O2S. The molecule has 3 rings (SSSR count). The summed E-state index contributed by atoms with van der Waals surface area (Å²) < 4.78 is 7.05. The van der Waals surface area contributed by atoms with E-state index in [-0.39, 0.29) is 11.7 Å². The van der Waals surface area contributed by atoms with Crippen molar-refractivity contribution in [3.05, 3.63) is 57.7 Å². The first-order valence-corrected chi connectivity index (χ1v) is 8.36. The van der Waals surface area contributed by atoms with Gasteiger partial charge in [0.2, 0.25) is 0 Å². The fraction of sp³-hybridized carbons (Fsp3) is 0.278. The SMILES string of the molecule is Cc1nn(C)cc1C(C)NC(=S)Nc1ccc2c(C)cc(=O)oc2c1. The average Bonchev–Trinajstić information content (AvgIpc) is 2.85. The number of hydrogen-bond acceptors (Lipinski definition) is 4. The number of thiocarbonyl (C=S) groups is 1. The number of fused-ring (bicyclic) bond motifs is 1. The van der Waals surface area contributed by atoms with Crippen LogP contribution in [0.3, 0.4) is 0 Å². The van der Waals surface area contributed by atoms with Crippen LogP contribution >= 0.6 is 12.2 Å². The fourth-order valence-corrected chi connectivity index (χ4v) is 3.18. The van der Waals surface area contributed by atoms with Crippen LogP contribution < -0.4 is 16.3 Å². The van der Waals surface area contributed by atoms with Crippen molar-refractivity contribution in [3.8, 4) is 0 Å². The maximum Gasteiger partial charge on any atom is 0.336 e. The lowest BCUT2D eigenvalue weighted by Gasteiger charge is -2.16. The molecule has 0 spiro atoms. The number of nitrogens with zero attached hydrogens (tertiary/aromatic N) is 2. The van der Waals surface area contributed by atoms with E-state index >= 15 is 0 Å². The first-order valence-electron chi connectivity index (χ1n) is 7.95. The molecular weight excluding hydrogens is 336 g/mol. The van der Waals surface area contributed by atoms with Crippen molar-refractivity contribution in [2.75, 3.05) is 5.32 Å². The van der Waals surface area contributed by atoms with E-state index in [1.807, 2.05) is 46.1 Å². The molecule has 130 valence electrons. The number of nitrogens with one attached hydrogen (secondary N) is 2. The minimum Gasteiger partial charge on any atom is -0.423 e.